The second-order valence-electron chi connectivity index (χ2n) is 8.41. The molecule has 0 amide bonds. The Kier molecular flexibility index (Phi) is 7.31. The Balaban J connectivity index is 2.21. The number of carbonyl (C=O) groups excluding carboxylic acids is 1. The zero-order valence-corrected chi connectivity index (χ0v) is 19.3. The van der Waals surface area contributed by atoms with Gasteiger partial charge in [0.05, 0.1) is 7.11 Å². The predicted octanol–water partition coefficient (Wildman–Crippen LogP) is 5.90. The first-order chi connectivity index (χ1) is 14.9. The summed E-state index contributed by atoms with van der Waals surface area (Å²) in [6.45, 7) is 8.31. The molecule has 0 fully saturated rings. The maximum atomic E-state index is 11.8. The number of unbranched alkanes of at least 4 members (excludes halogenated alkanes) is 1. The number of nitrogen functional groups attached to an aromatic ring is 1. The monoisotopic (exact) mass is 422 g/mol. The minimum absolute atomic E-state index is 0.00500. The number of ketones is 1. The lowest BCUT2D eigenvalue weighted by Crippen LogP contribution is -2.09. The van der Waals surface area contributed by atoms with Crippen LogP contribution in [0.5, 0.6) is 5.75 Å². The van der Waals surface area contributed by atoms with Gasteiger partial charge in [0.2, 0.25) is 0 Å². The van der Waals surface area contributed by atoms with E-state index in [1.165, 1.54) is 0 Å². The van der Waals surface area contributed by atoms with Gasteiger partial charge < -0.3 is 10.5 Å². The van der Waals surface area contributed by atoms with Crippen molar-refractivity contribution in [3.05, 3.63) is 42.0 Å². The Morgan fingerprint density at radius 2 is 2.06 bits per heavy atom. The number of methoxy groups -OCH3 is 1. The number of rotatable bonds is 10. The first-order valence-corrected chi connectivity index (χ1v) is 11.2. The van der Waals surface area contributed by atoms with Gasteiger partial charge in [-0.25, -0.2) is 9.97 Å². The van der Waals surface area contributed by atoms with E-state index in [0.29, 0.717) is 29.0 Å². The molecule has 0 saturated carbocycles. The molecule has 6 nitrogen and oxygen atoms in total. The van der Waals surface area contributed by atoms with Crippen molar-refractivity contribution in [3.63, 3.8) is 0 Å². The molecule has 2 unspecified atom stereocenters. The van der Waals surface area contributed by atoms with Gasteiger partial charge in [0.1, 0.15) is 28.6 Å². The van der Waals surface area contributed by atoms with Crippen molar-refractivity contribution in [1.29, 1.82) is 0 Å². The van der Waals surface area contributed by atoms with Crippen LogP contribution in [0.3, 0.4) is 0 Å². The van der Waals surface area contributed by atoms with E-state index in [9.17, 15) is 4.79 Å². The molecule has 6 heteroatoms. The minimum Gasteiger partial charge on any atom is -0.496 e. The summed E-state index contributed by atoms with van der Waals surface area (Å²) in [6, 6.07) is 5.47. The van der Waals surface area contributed by atoms with Gasteiger partial charge in [-0.15, -0.1) is 0 Å². The Hall–Kier alpha value is -2.89. The third kappa shape index (κ3) is 4.73. The first-order valence-electron chi connectivity index (χ1n) is 11.2. The standard InChI is InChI=1S/C25H34N4O2/c1-6-8-9-19(14-16(3)7-2)25-28-22(23-24(26)27-12-13-29(23)25)20-11-10-18(17(4)30)15-21(20)31-5/h10-13,15-16,19H,6-9,14H2,1-5H3,(H2,26,27). The number of aromatic nitrogens is 3. The third-order valence-corrected chi connectivity index (χ3v) is 6.13. The smallest absolute Gasteiger partial charge is 0.159 e. The summed E-state index contributed by atoms with van der Waals surface area (Å²) < 4.78 is 7.73. The molecule has 31 heavy (non-hydrogen) atoms. The van der Waals surface area contributed by atoms with Crippen LogP contribution in [0.25, 0.3) is 16.8 Å². The van der Waals surface area contributed by atoms with Crippen LogP contribution in [0.1, 0.15) is 81.9 Å². The van der Waals surface area contributed by atoms with Crippen molar-refractivity contribution in [2.45, 2.75) is 65.7 Å². The molecule has 2 aromatic heterocycles. The lowest BCUT2D eigenvalue weighted by molar-refractivity contribution is 0.101. The fraction of sp³-hybridized carbons (Fsp3) is 0.480. The van der Waals surface area contributed by atoms with Gasteiger partial charge in [-0.1, -0.05) is 46.1 Å². The minimum atomic E-state index is -0.00500. The Morgan fingerprint density at radius 1 is 1.29 bits per heavy atom. The molecule has 0 aliphatic heterocycles. The Morgan fingerprint density at radius 3 is 2.71 bits per heavy atom. The number of ether oxygens (including phenoxy) is 1. The van der Waals surface area contributed by atoms with Crippen LogP contribution in [-0.2, 0) is 0 Å². The van der Waals surface area contributed by atoms with E-state index in [1.807, 2.05) is 18.3 Å². The predicted molar refractivity (Wildman–Crippen MR) is 126 cm³/mol. The molecule has 0 radical (unpaired) electrons. The number of Topliss-reactive ketones (excluding diaryl/α,β-unsaturated/α-hetero) is 1. The maximum absolute atomic E-state index is 11.8. The maximum Gasteiger partial charge on any atom is 0.159 e. The number of hydrogen-bond donors (Lipinski definition) is 1. The summed E-state index contributed by atoms with van der Waals surface area (Å²) in [5.41, 5.74) is 9.29. The van der Waals surface area contributed by atoms with Crippen LogP contribution in [-0.4, -0.2) is 27.3 Å². The number of imidazole rings is 1. The number of benzene rings is 1. The van der Waals surface area contributed by atoms with E-state index in [0.717, 1.165) is 54.7 Å². The van der Waals surface area contributed by atoms with E-state index in [2.05, 4.69) is 30.2 Å². The topological polar surface area (TPSA) is 82.5 Å². The van der Waals surface area contributed by atoms with Gasteiger partial charge in [-0.3, -0.25) is 9.20 Å². The van der Waals surface area contributed by atoms with Gasteiger partial charge in [0, 0.05) is 29.4 Å². The highest BCUT2D eigenvalue weighted by Crippen LogP contribution is 2.38. The van der Waals surface area contributed by atoms with Crippen molar-refractivity contribution in [3.8, 4) is 17.0 Å². The van der Waals surface area contributed by atoms with E-state index < -0.39 is 0 Å². The van der Waals surface area contributed by atoms with E-state index in [4.69, 9.17) is 15.5 Å². The van der Waals surface area contributed by atoms with Crippen molar-refractivity contribution in [2.24, 2.45) is 5.92 Å². The zero-order chi connectivity index (χ0) is 22.5. The van der Waals surface area contributed by atoms with E-state index >= 15 is 0 Å². The van der Waals surface area contributed by atoms with Crippen molar-refractivity contribution >= 4 is 17.1 Å². The molecule has 2 atom stereocenters. The molecule has 2 heterocycles. The summed E-state index contributed by atoms with van der Waals surface area (Å²) in [5.74, 6) is 3.00. The Bertz CT molecular complexity index is 1060. The van der Waals surface area contributed by atoms with Crippen molar-refractivity contribution in [2.75, 3.05) is 12.8 Å². The summed E-state index contributed by atoms with van der Waals surface area (Å²) in [7, 11) is 1.61. The number of carbonyl (C=O) groups is 1. The van der Waals surface area contributed by atoms with Gasteiger partial charge in [0.15, 0.2) is 5.78 Å². The van der Waals surface area contributed by atoms with E-state index in [1.54, 1.807) is 26.3 Å². The fourth-order valence-corrected chi connectivity index (χ4v) is 4.12. The average molecular weight is 423 g/mol. The normalized spacial score (nSPS) is 13.3. The van der Waals surface area contributed by atoms with Gasteiger partial charge in [-0.05, 0) is 37.8 Å². The van der Waals surface area contributed by atoms with Crippen LogP contribution in [0.4, 0.5) is 5.82 Å². The summed E-state index contributed by atoms with van der Waals surface area (Å²) >= 11 is 0. The number of nitrogens with zero attached hydrogens (tertiary/aromatic N) is 3. The molecule has 0 aliphatic carbocycles. The fourth-order valence-electron chi connectivity index (χ4n) is 4.12. The third-order valence-electron chi connectivity index (χ3n) is 6.13. The molecule has 1 aromatic carbocycles. The molecule has 2 N–H and O–H groups in total. The molecule has 0 bridgehead atoms. The molecule has 3 aromatic rings. The molecule has 0 spiro atoms. The zero-order valence-electron chi connectivity index (χ0n) is 19.3. The summed E-state index contributed by atoms with van der Waals surface area (Å²) in [6.07, 6.45) is 9.29. The number of fused-ring (bicyclic) bond motifs is 1. The summed E-state index contributed by atoms with van der Waals surface area (Å²) in [4.78, 5) is 21.3. The van der Waals surface area contributed by atoms with Gasteiger partial charge in [0.25, 0.3) is 0 Å². The first kappa shape index (κ1) is 22.8. The highest BCUT2D eigenvalue weighted by molar-refractivity contribution is 5.96. The Labute approximate surface area is 184 Å². The van der Waals surface area contributed by atoms with Crippen molar-refractivity contribution in [1.82, 2.24) is 14.4 Å². The van der Waals surface area contributed by atoms with Gasteiger partial charge in [-0.2, -0.15) is 0 Å². The molecule has 3 rings (SSSR count). The number of anilines is 1. The summed E-state index contributed by atoms with van der Waals surface area (Å²) in [5, 5.41) is 0. The van der Waals surface area contributed by atoms with Crippen LogP contribution < -0.4 is 10.5 Å². The lowest BCUT2D eigenvalue weighted by atomic mass is 9.89. The van der Waals surface area contributed by atoms with E-state index in [-0.39, 0.29) is 5.78 Å². The SMILES string of the molecule is CCCCC(CC(C)CC)c1nc(-c2ccc(C(C)=O)cc2OC)c2c(N)nccn12. The average Bonchev–Trinajstić information content (AvgIpc) is 3.16. The highest BCUT2D eigenvalue weighted by atomic mass is 16.5. The molecule has 0 aliphatic rings. The molecule has 0 saturated heterocycles. The second-order valence-corrected chi connectivity index (χ2v) is 8.41. The highest BCUT2D eigenvalue weighted by Gasteiger charge is 2.25. The number of hydrogen-bond acceptors (Lipinski definition) is 5. The molecule has 166 valence electrons. The quantitative estimate of drug-likeness (QED) is 0.411. The van der Waals surface area contributed by atoms with Crippen LogP contribution >= 0.6 is 0 Å². The molecular formula is C25H34N4O2. The van der Waals surface area contributed by atoms with Crippen LogP contribution in [0.15, 0.2) is 30.6 Å². The lowest BCUT2D eigenvalue weighted by Gasteiger charge is -2.19. The largest absolute Gasteiger partial charge is 0.496 e. The number of nitrogens with two attached hydrogens (primary N) is 1. The van der Waals surface area contributed by atoms with Crippen LogP contribution in [0, 0.1) is 5.92 Å². The van der Waals surface area contributed by atoms with Crippen LogP contribution in [0.2, 0.25) is 0 Å². The van der Waals surface area contributed by atoms with Gasteiger partial charge >= 0.3 is 0 Å². The second kappa shape index (κ2) is 9.94. The molecular weight excluding hydrogens is 388 g/mol. The van der Waals surface area contributed by atoms with Crippen molar-refractivity contribution < 1.29 is 9.53 Å².